The molecule has 0 aliphatic carbocycles. The number of hydrogen-bond acceptors (Lipinski definition) is 3. The summed E-state index contributed by atoms with van der Waals surface area (Å²) >= 11 is 6.01. The number of benzene rings is 2. The smallest absolute Gasteiger partial charge is 0.252 e. The SMILES string of the molecule is O=C(NCCNC(=O)c1ccccc1Cl)c1cccc(C2CCCNC2)c1. The van der Waals surface area contributed by atoms with Crippen molar-refractivity contribution >= 4 is 23.4 Å². The maximum Gasteiger partial charge on any atom is 0.252 e. The normalized spacial score (nSPS) is 16.6. The van der Waals surface area contributed by atoms with E-state index in [1.165, 1.54) is 5.56 Å². The lowest BCUT2D eigenvalue weighted by Gasteiger charge is -2.23. The lowest BCUT2D eigenvalue weighted by molar-refractivity contribution is 0.0927. The van der Waals surface area contributed by atoms with Crippen molar-refractivity contribution in [2.75, 3.05) is 26.2 Å². The average molecular weight is 386 g/mol. The van der Waals surface area contributed by atoms with E-state index >= 15 is 0 Å². The molecule has 3 rings (SSSR count). The molecule has 0 saturated carbocycles. The number of carbonyl (C=O) groups is 2. The van der Waals surface area contributed by atoms with Crippen molar-refractivity contribution in [3.8, 4) is 0 Å². The predicted molar refractivity (Wildman–Crippen MR) is 107 cm³/mol. The molecule has 1 atom stereocenters. The Balaban J connectivity index is 1.48. The van der Waals surface area contributed by atoms with E-state index in [-0.39, 0.29) is 11.8 Å². The lowest BCUT2D eigenvalue weighted by atomic mass is 9.90. The highest BCUT2D eigenvalue weighted by atomic mass is 35.5. The van der Waals surface area contributed by atoms with E-state index in [0.717, 1.165) is 25.9 Å². The van der Waals surface area contributed by atoms with E-state index in [2.05, 4.69) is 22.0 Å². The van der Waals surface area contributed by atoms with E-state index in [1.54, 1.807) is 24.3 Å². The average Bonchev–Trinajstić information content (AvgIpc) is 2.72. The van der Waals surface area contributed by atoms with Gasteiger partial charge >= 0.3 is 0 Å². The van der Waals surface area contributed by atoms with Gasteiger partial charge in [-0.2, -0.15) is 0 Å². The Morgan fingerprint density at radius 3 is 2.56 bits per heavy atom. The van der Waals surface area contributed by atoms with Gasteiger partial charge in [0.2, 0.25) is 0 Å². The first kappa shape index (κ1) is 19.4. The molecule has 0 radical (unpaired) electrons. The van der Waals surface area contributed by atoms with E-state index in [4.69, 9.17) is 11.6 Å². The number of piperidine rings is 1. The molecule has 27 heavy (non-hydrogen) atoms. The fourth-order valence-electron chi connectivity index (χ4n) is 3.26. The molecule has 1 unspecified atom stereocenters. The molecule has 0 aromatic heterocycles. The first-order chi connectivity index (χ1) is 13.1. The summed E-state index contributed by atoms with van der Waals surface area (Å²) in [5.74, 6) is 0.0793. The number of carbonyl (C=O) groups excluding carboxylic acids is 2. The van der Waals surface area contributed by atoms with Crippen molar-refractivity contribution in [3.63, 3.8) is 0 Å². The summed E-state index contributed by atoms with van der Waals surface area (Å²) in [6.07, 6.45) is 2.30. The Bertz CT molecular complexity index is 804. The minimum absolute atomic E-state index is 0.132. The molecule has 2 aromatic rings. The Hall–Kier alpha value is -2.37. The second kappa shape index (κ2) is 9.53. The van der Waals surface area contributed by atoms with Crippen LogP contribution in [0, 0.1) is 0 Å². The zero-order valence-electron chi connectivity index (χ0n) is 15.1. The third kappa shape index (κ3) is 5.31. The second-order valence-corrected chi connectivity index (χ2v) is 7.07. The van der Waals surface area contributed by atoms with Gasteiger partial charge in [-0.3, -0.25) is 9.59 Å². The first-order valence-corrected chi connectivity index (χ1v) is 9.64. The molecule has 1 aliphatic heterocycles. The molecule has 1 saturated heterocycles. The fourth-order valence-corrected chi connectivity index (χ4v) is 3.49. The third-order valence-corrected chi connectivity index (χ3v) is 5.06. The predicted octanol–water partition coefficient (Wildman–Crippen LogP) is 2.97. The molecule has 1 aliphatic rings. The highest BCUT2D eigenvalue weighted by Gasteiger charge is 2.16. The van der Waals surface area contributed by atoms with Crippen LogP contribution in [0.15, 0.2) is 48.5 Å². The van der Waals surface area contributed by atoms with Crippen molar-refractivity contribution in [1.29, 1.82) is 0 Å². The van der Waals surface area contributed by atoms with Crippen molar-refractivity contribution in [1.82, 2.24) is 16.0 Å². The topological polar surface area (TPSA) is 70.2 Å². The first-order valence-electron chi connectivity index (χ1n) is 9.27. The highest BCUT2D eigenvalue weighted by Crippen LogP contribution is 2.23. The van der Waals surface area contributed by atoms with Crippen LogP contribution in [0.4, 0.5) is 0 Å². The van der Waals surface area contributed by atoms with Gasteiger partial charge in [-0.05, 0) is 55.1 Å². The van der Waals surface area contributed by atoms with Crippen molar-refractivity contribution in [2.45, 2.75) is 18.8 Å². The van der Waals surface area contributed by atoms with Crippen LogP contribution in [-0.2, 0) is 0 Å². The van der Waals surface area contributed by atoms with Crippen molar-refractivity contribution < 1.29 is 9.59 Å². The van der Waals surface area contributed by atoms with Crippen molar-refractivity contribution in [2.24, 2.45) is 0 Å². The minimum Gasteiger partial charge on any atom is -0.350 e. The van der Waals surface area contributed by atoms with Crippen LogP contribution in [0.5, 0.6) is 0 Å². The molecule has 2 aromatic carbocycles. The van der Waals surface area contributed by atoms with Gasteiger partial charge in [-0.15, -0.1) is 0 Å². The minimum atomic E-state index is -0.248. The summed E-state index contributed by atoms with van der Waals surface area (Å²) in [5, 5.41) is 9.42. The van der Waals surface area contributed by atoms with Crippen molar-refractivity contribution in [3.05, 3.63) is 70.2 Å². The van der Waals surface area contributed by atoms with E-state index in [9.17, 15) is 9.59 Å². The molecular formula is C21H24ClN3O2. The van der Waals surface area contributed by atoms with E-state index in [0.29, 0.717) is 35.2 Å². The monoisotopic (exact) mass is 385 g/mol. The van der Waals surface area contributed by atoms with E-state index < -0.39 is 0 Å². The maximum absolute atomic E-state index is 12.4. The van der Waals surface area contributed by atoms with Gasteiger partial charge in [0, 0.05) is 25.2 Å². The van der Waals surface area contributed by atoms with Gasteiger partial charge in [-0.25, -0.2) is 0 Å². The van der Waals surface area contributed by atoms with Crippen LogP contribution >= 0.6 is 11.6 Å². The Morgan fingerprint density at radius 1 is 1.04 bits per heavy atom. The van der Waals surface area contributed by atoms with Gasteiger partial charge < -0.3 is 16.0 Å². The number of amides is 2. The summed E-state index contributed by atoms with van der Waals surface area (Å²) in [7, 11) is 0. The lowest BCUT2D eigenvalue weighted by Crippen LogP contribution is -2.35. The zero-order valence-corrected chi connectivity index (χ0v) is 15.9. The Kier molecular flexibility index (Phi) is 6.85. The highest BCUT2D eigenvalue weighted by molar-refractivity contribution is 6.33. The van der Waals surface area contributed by atoms with Gasteiger partial charge in [0.1, 0.15) is 0 Å². The number of nitrogens with one attached hydrogen (secondary N) is 3. The molecular weight excluding hydrogens is 362 g/mol. The summed E-state index contributed by atoms with van der Waals surface area (Å²) in [6, 6.07) is 14.7. The standard InChI is InChI=1S/C21H24ClN3O2/c22-19-9-2-1-8-18(19)21(27)25-12-11-24-20(26)16-6-3-5-15(13-16)17-7-4-10-23-14-17/h1-3,5-6,8-9,13,17,23H,4,7,10-12,14H2,(H,24,26)(H,25,27). The second-order valence-electron chi connectivity index (χ2n) is 6.66. The largest absolute Gasteiger partial charge is 0.350 e. The van der Waals surface area contributed by atoms with E-state index in [1.807, 2.05) is 18.2 Å². The third-order valence-electron chi connectivity index (χ3n) is 4.73. The summed E-state index contributed by atoms with van der Waals surface area (Å²) in [6.45, 7) is 2.71. The summed E-state index contributed by atoms with van der Waals surface area (Å²) in [5.41, 5.74) is 2.27. The van der Waals surface area contributed by atoms with Gasteiger partial charge in [0.15, 0.2) is 0 Å². The molecule has 0 spiro atoms. The number of hydrogen-bond donors (Lipinski definition) is 3. The van der Waals surface area contributed by atoms with Crippen LogP contribution in [0.25, 0.3) is 0 Å². The fraction of sp³-hybridized carbons (Fsp3) is 0.333. The molecule has 5 nitrogen and oxygen atoms in total. The summed E-state index contributed by atoms with van der Waals surface area (Å²) in [4.78, 5) is 24.5. The van der Waals surface area contributed by atoms with Gasteiger partial charge in [0.05, 0.1) is 10.6 Å². The molecule has 1 heterocycles. The van der Waals surface area contributed by atoms with Crippen LogP contribution in [0.3, 0.4) is 0 Å². The maximum atomic E-state index is 12.4. The molecule has 6 heteroatoms. The van der Waals surface area contributed by atoms with Crippen LogP contribution in [0.2, 0.25) is 5.02 Å². The van der Waals surface area contributed by atoms with Gasteiger partial charge in [0.25, 0.3) is 11.8 Å². The molecule has 3 N–H and O–H groups in total. The Morgan fingerprint density at radius 2 is 1.81 bits per heavy atom. The summed E-state index contributed by atoms with van der Waals surface area (Å²) < 4.78 is 0. The quantitative estimate of drug-likeness (QED) is 0.669. The number of rotatable bonds is 6. The molecule has 142 valence electrons. The Labute approximate surface area is 164 Å². The zero-order chi connectivity index (χ0) is 19.1. The molecule has 0 bridgehead atoms. The van der Waals surface area contributed by atoms with Crippen LogP contribution < -0.4 is 16.0 Å². The number of halogens is 1. The van der Waals surface area contributed by atoms with Crippen LogP contribution in [0.1, 0.15) is 45.0 Å². The van der Waals surface area contributed by atoms with Crippen LogP contribution in [-0.4, -0.2) is 38.0 Å². The molecule has 2 amide bonds. The van der Waals surface area contributed by atoms with Gasteiger partial charge in [-0.1, -0.05) is 35.9 Å². The molecule has 1 fully saturated rings.